The molecule has 16 heavy (non-hydrogen) atoms. The van der Waals surface area contributed by atoms with Crippen LogP contribution in [-0.2, 0) is 4.79 Å². The van der Waals surface area contributed by atoms with E-state index in [0.717, 1.165) is 19.6 Å². The SMILES string of the molecule is CC(C(=O)N1CCNC[C@@H]1C)n1cccn1. The quantitative estimate of drug-likeness (QED) is 0.781. The second-order valence-electron chi connectivity index (χ2n) is 4.25. The number of rotatable bonds is 2. The molecule has 5 heteroatoms. The van der Waals surface area contributed by atoms with Crippen LogP contribution in [0.15, 0.2) is 18.5 Å². The van der Waals surface area contributed by atoms with E-state index in [1.807, 2.05) is 24.1 Å². The first-order valence-corrected chi connectivity index (χ1v) is 5.70. The molecule has 88 valence electrons. The first-order chi connectivity index (χ1) is 7.70. The number of aromatic nitrogens is 2. The van der Waals surface area contributed by atoms with Crippen molar-refractivity contribution in [1.82, 2.24) is 20.0 Å². The molecule has 0 bridgehead atoms. The predicted molar refractivity (Wildman–Crippen MR) is 61.0 cm³/mol. The molecule has 1 fully saturated rings. The Hall–Kier alpha value is -1.36. The largest absolute Gasteiger partial charge is 0.336 e. The normalized spacial score (nSPS) is 23.1. The van der Waals surface area contributed by atoms with Gasteiger partial charge in [-0.25, -0.2) is 0 Å². The topological polar surface area (TPSA) is 50.2 Å². The number of carbonyl (C=O) groups is 1. The van der Waals surface area contributed by atoms with Crippen LogP contribution in [0.4, 0.5) is 0 Å². The summed E-state index contributed by atoms with van der Waals surface area (Å²) in [6.07, 6.45) is 3.53. The number of nitrogens with one attached hydrogen (secondary N) is 1. The Balaban J connectivity index is 2.06. The fourth-order valence-electron chi connectivity index (χ4n) is 2.03. The van der Waals surface area contributed by atoms with E-state index in [4.69, 9.17) is 0 Å². The molecular weight excluding hydrogens is 204 g/mol. The maximum atomic E-state index is 12.2. The van der Waals surface area contributed by atoms with E-state index in [1.165, 1.54) is 0 Å². The van der Waals surface area contributed by atoms with Gasteiger partial charge in [0.15, 0.2) is 0 Å². The van der Waals surface area contributed by atoms with Crippen LogP contribution in [0.2, 0.25) is 0 Å². The summed E-state index contributed by atoms with van der Waals surface area (Å²) in [6, 6.07) is 1.89. The number of hydrogen-bond acceptors (Lipinski definition) is 3. The van der Waals surface area contributed by atoms with Gasteiger partial charge >= 0.3 is 0 Å². The van der Waals surface area contributed by atoms with Crippen molar-refractivity contribution >= 4 is 5.91 Å². The lowest BCUT2D eigenvalue weighted by Crippen LogP contribution is -2.53. The number of nitrogens with zero attached hydrogens (tertiary/aromatic N) is 3. The van der Waals surface area contributed by atoms with Crippen LogP contribution in [0, 0.1) is 0 Å². The molecule has 1 N–H and O–H groups in total. The second kappa shape index (κ2) is 4.65. The molecule has 1 aromatic heterocycles. The predicted octanol–water partition coefficient (Wildman–Crippen LogP) is 0.264. The van der Waals surface area contributed by atoms with Crippen molar-refractivity contribution in [3.8, 4) is 0 Å². The van der Waals surface area contributed by atoms with Gasteiger partial charge in [0.25, 0.3) is 0 Å². The summed E-state index contributed by atoms with van der Waals surface area (Å²) in [5, 5.41) is 7.39. The number of piperazine rings is 1. The molecule has 0 spiro atoms. The third-order valence-electron chi connectivity index (χ3n) is 3.06. The summed E-state index contributed by atoms with van der Waals surface area (Å²) in [4.78, 5) is 14.2. The monoisotopic (exact) mass is 222 g/mol. The molecule has 5 nitrogen and oxygen atoms in total. The Morgan fingerprint density at radius 1 is 1.62 bits per heavy atom. The van der Waals surface area contributed by atoms with E-state index < -0.39 is 0 Å². The van der Waals surface area contributed by atoms with Gasteiger partial charge in [-0.2, -0.15) is 5.10 Å². The van der Waals surface area contributed by atoms with E-state index in [-0.39, 0.29) is 18.0 Å². The standard InChI is InChI=1S/C11H18N4O/c1-9-8-12-5-7-14(9)11(16)10(2)15-6-3-4-13-15/h3-4,6,9-10,12H,5,7-8H2,1-2H3/t9-,10?/m0/s1. The average molecular weight is 222 g/mol. The van der Waals surface area contributed by atoms with Crippen molar-refractivity contribution in [3.05, 3.63) is 18.5 Å². The van der Waals surface area contributed by atoms with Crippen molar-refractivity contribution in [2.24, 2.45) is 0 Å². The minimum Gasteiger partial charge on any atom is -0.336 e. The number of hydrogen-bond donors (Lipinski definition) is 1. The minimum absolute atomic E-state index is 0.151. The highest BCUT2D eigenvalue weighted by molar-refractivity contribution is 5.80. The van der Waals surface area contributed by atoms with Gasteiger partial charge in [-0.1, -0.05) is 0 Å². The summed E-state index contributed by atoms with van der Waals surface area (Å²) >= 11 is 0. The molecule has 1 aliphatic rings. The second-order valence-corrected chi connectivity index (χ2v) is 4.25. The molecule has 1 saturated heterocycles. The third kappa shape index (κ3) is 2.09. The van der Waals surface area contributed by atoms with Gasteiger partial charge in [0.1, 0.15) is 6.04 Å². The summed E-state index contributed by atoms with van der Waals surface area (Å²) < 4.78 is 1.71. The van der Waals surface area contributed by atoms with Crippen molar-refractivity contribution in [2.75, 3.05) is 19.6 Å². The lowest BCUT2D eigenvalue weighted by molar-refractivity contribution is -0.137. The van der Waals surface area contributed by atoms with E-state index in [9.17, 15) is 4.79 Å². The summed E-state index contributed by atoms with van der Waals surface area (Å²) in [5.74, 6) is 0.151. The Kier molecular flexibility index (Phi) is 3.24. The van der Waals surface area contributed by atoms with Gasteiger partial charge in [0.05, 0.1) is 0 Å². The van der Waals surface area contributed by atoms with E-state index in [0.29, 0.717) is 0 Å². The molecule has 2 rings (SSSR count). The zero-order chi connectivity index (χ0) is 11.5. The molecule has 0 radical (unpaired) electrons. The van der Waals surface area contributed by atoms with Crippen molar-refractivity contribution in [2.45, 2.75) is 25.9 Å². The van der Waals surface area contributed by atoms with Crippen LogP contribution in [0.1, 0.15) is 19.9 Å². The third-order valence-corrected chi connectivity index (χ3v) is 3.06. The zero-order valence-electron chi connectivity index (χ0n) is 9.76. The first-order valence-electron chi connectivity index (χ1n) is 5.70. The lowest BCUT2D eigenvalue weighted by atomic mass is 10.2. The molecular formula is C11H18N4O. The van der Waals surface area contributed by atoms with Crippen LogP contribution in [-0.4, -0.2) is 46.3 Å². The molecule has 0 aromatic carbocycles. The van der Waals surface area contributed by atoms with Crippen molar-refractivity contribution in [3.63, 3.8) is 0 Å². The Bertz CT molecular complexity index is 349. The van der Waals surface area contributed by atoms with Gasteiger partial charge in [-0.15, -0.1) is 0 Å². The fraction of sp³-hybridized carbons (Fsp3) is 0.636. The first kappa shape index (κ1) is 11.1. The average Bonchev–Trinajstić information content (AvgIpc) is 2.81. The highest BCUT2D eigenvalue weighted by Gasteiger charge is 2.27. The molecule has 1 amide bonds. The van der Waals surface area contributed by atoms with Crippen LogP contribution in [0.5, 0.6) is 0 Å². The van der Waals surface area contributed by atoms with E-state index >= 15 is 0 Å². The molecule has 1 aromatic rings. The number of carbonyl (C=O) groups excluding carboxylic acids is 1. The summed E-state index contributed by atoms with van der Waals surface area (Å²) in [7, 11) is 0. The molecule has 0 saturated carbocycles. The molecule has 0 aliphatic carbocycles. The van der Waals surface area contributed by atoms with Gasteiger partial charge < -0.3 is 10.2 Å². The van der Waals surface area contributed by atoms with Crippen molar-refractivity contribution in [1.29, 1.82) is 0 Å². The van der Waals surface area contributed by atoms with Crippen LogP contribution < -0.4 is 5.32 Å². The highest BCUT2D eigenvalue weighted by atomic mass is 16.2. The number of amides is 1. The van der Waals surface area contributed by atoms with Crippen LogP contribution in [0.25, 0.3) is 0 Å². The van der Waals surface area contributed by atoms with Crippen molar-refractivity contribution < 1.29 is 4.79 Å². The lowest BCUT2D eigenvalue weighted by Gasteiger charge is -2.35. The van der Waals surface area contributed by atoms with Gasteiger partial charge in [0.2, 0.25) is 5.91 Å². The highest BCUT2D eigenvalue weighted by Crippen LogP contribution is 2.12. The maximum Gasteiger partial charge on any atom is 0.247 e. The Morgan fingerprint density at radius 2 is 2.44 bits per heavy atom. The maximum absolute atomic E-state index is 12.2. The van der Waals surface area contributed by atoms with Gasteiger partial charge in [-0.05, 0) is 19.9 Å². The Morgan fingerprint density at radius 3 is 3.06 bits per heavy atom. The fourth-order valence-corrected chi connectivity index (χ4v) is 2.03. The summed E-state index contributed by atoms with van der Waals surface area (Å²) in [5.41, 5.74) is 0. The molecule has 1 unspecified atom stereocenters. The minimum atomic E-state index is -0.212. The summed E-state index contributed by atoms with van der Waals surface area (Å²) in [6.45, 7) is 6.50. The van der Waals surface area contributed by atoms with E-state index in [1.54, 1.807) is 10.9 Å². The zero-order valence-corrected chi connectivity index (χ0v) is 9.76. The van der Waals surface area contributed by atoms with Gasteiger partial charge in [-0.3, -0.25) is 9.48 Å². The van der Waals surface area contributed by atoms with Gasteiger partial charge in [0, 0.05) is 38.1 Å². The van der Waals surface area contributed by atoms with E-state index in [2.05, 4.69) is 17.3 Å². The smallest absolute Gasteiger partial charge is 0.247 e. The van der Waals surface area contributed by atoms with Crippen LogP contribution >= 0.6 is 0 Å². The Labute approximate surface area is 95.4 Å². The molecule has 2 heterocycles. The molecule has 1 aliphatic heterocycles. The molecule has 2 atom stereocenters. The van der Waals surface area contributed by atoms with Crippen LogP contribution in [0.3, 0.4) is 0 Å².